The number of piperazine rings is 1. The molecule has 2 heterocycles. The molecule has 35 heavy (non-hydrogen) atoms. The number of nitrogen functional groups attached to an aromatic ring is 1. The van der Waals surface area contributed by atoms with Gasteiger partial charge in [0.1, 0.15) is 5.82 Å². The second-order valence-corrected chi connectivity index (χ2v) is 8.54. The predicted molar refractivity (Wildman–Crippen MR) is 151 cm³/mol. The Morgan fingerprint density at radius 2 is 1.80 bits per heavy atom. The van der Waals surface area contributed by atoms with Crippen LogP contribution in [-0.4, -0.2) is 60.6 Å². The molecule has 1 aliphatic rings. The van der Waals surface area contributed by atoms with E-state index in [2.05, 4.69) is 46.8 Å². The lowest BCUT2D eigenvalue weighted by molar-refractivity contribution is 0.144. The topological polar surface area (TPSA) is 60.3 Å². The van der Waals surface area contributed by atoms with Gasteiger partial charge in [0.15, 0.2) is 0 Å². The Hall–Kier alpha value is -3.09. The van der Waals surface area contributed by atoms with E-state index >= 15 is 0 Å². The van der Waals surface area contributed by atoms with Crippen molar-refractivity contribution in [2.75, 3.05) is 51.5 Å². The lowest BCUT2D eigenvalue weighted by atomic mass is 10.0. The van der Waals surface area contributed by atoms with Crippen molar-refractivity contribution in [1.29, 1.82) is 0 Å². The fourth-order valence-corrected chi connectivity index (χ4v) is 4.38. The van der Waals surface area contributed by atoms with Gasteiger partial charge in [0.2, 0.25) is 0 Å². The third-order valence-corrected chi connectivity index (χ3v) is 6.24. The largest absolute Gasteiger partial charge is 0.398 e. The molecular formula is C29H42FN5. The van der Waals surface area contributed by atoms with Gasteiger partial charge in [-0.25, -0.2) is 4.39 Å². The molecule has 0 spiro atoms. The van der Waals surface area contributed by atoms with Gasteiger partial charge in [-0.2, -0.15) is 0 Å². The Labute approximate surface area is 210 Å². The highest BCUT2D eigenvalue weighted by atomic mass is 19.1. The van der Waals surface area contributed by atoms with Crippen molar-refractivity contribution in [1.82, 2.24) is 20.1 Å². The van der Waals surface area contributed by atoms with Gasteiger partial charge in [0, 0.05) is 79.7 Å². The summed E-state index contributed by atoms with van der Waals surface area (Å²) in [6.07, 6.45) is 5.62. The van der Waals surface area contributed by atoms with E-state index in [4.69, 9.17) is 5.73 Å². The van der Waals surface area contributed by atoms with E-state index < -0.39 is 0 Å². The number of nitrogens with zero attached hydrogens (tertiary/aromatic N) is 2. The summed E-state index contributed by atoms with van der Waals surface area (Å²) in [5, 5.41) is 3.50. The van der Waals surface area contributed by atoms with Gasteiger partial charge in [0.25, 0.3) is 0 Å². The van der Waals surface area contributed by atoms with Crippen LogP contribution >= 0.6 is 0 Å². The monoisotopic (exact) mass is 479 g/mol. The van der Waals surface area contributed by atoms with Crippen LogP contribution in [0.15, 0.2) is 50.1 Å². The average Bonchev–Trinajstić information content (AvgIpc) is 3.14. The van der Waals surface area contributed by atoms with Gasteiger partial charge in [-0.15, -0.1) is 6.58 Å². The van der Waals surface area contributed by atoms with E-state index in [1.54, 1.807) is 12.1 Å². The zero-order chi connectivity index (χ0) is 26.0. The van der Waals surface area contributed by atoms with Crippen LogP contribution in [0.1, 0.15) is 41.9 Å². The minimum Gasteiger partial charge on any atom is -0.398 e. The maximum absolute atomic E-state index is 13.8. The number of rotatable bonds is 10. The van der Waals surface area contributed by atoms with Crippen molar-refractivity contribution in [2.24, 2.45) is 0 Å². The number of allylic oxidation sites excluding steroid dienone is 2. The zero-order valence-electron chi connectivity index (χ0n) is 21.9. The number of hydrogen-bond acceptors (Lipinski definition) is 4. The van der Waals surface area contributed by atoms with Crippen LogP contribution in [0.25, 0.3) is 17.3 Å². The highest BCUT2D eigenvalue weighted by molar-refractivity contribution is 5.92. The van der Waals surface area contributed by atoms with Crippen molar-refractivity contribution in [3.05, 3.63) is 84.0 Å². The van der Waals surface area contributed by atoms with Crippen LogP contribution in [0.2, 0.25) is 0 Å². The van der Waals surface area contributed by atoms with Crippen molar-refractivity contribution in [3.8, 4) is 0 Å². The van der Waals surface area contributed by atoms with Gasteiger partial charge >= 0.3 is 0 Å². The summed E-state index contributed by atoms with van der Waals surface area (Å²) in [4.78, 5) is 8.34. The first-order chi connectivity index (χ1) is 16.8. The molecule has 3 rings (SSSR count). The van der Waals surface area contributed by atoms with E-state index in [1.165, 1.54) is 12.1 Å². The molecule has 0 amide bonds. The molecule has 5 nitrogen and oxygen atoms in total. The number of nitrogens with one attached hydrogen (secondary N) is 2. The lowest BCUT2D eigenvalue weighted by Gasteiger charge is -2.34. The van der Waals surface area contributed by atoms with Crippen molar-refractivity contribution in [2.45, 2.75) is 27.7 Å². The second kappa shape index (κ2) is 13.7. The maximum atomic E-state index is 13.8. The first-order valence-corrected chi connectivity index (χ1v) is 12.4. The van der Waals surface area contributed by atoms with E-state index in [0.717, 1.165) is 79.6 Å². The fourth-order valence-electron chi connectivity index (χ4n) is 4.38. The van der Waals surface area contributed by atoms with E-state index in [-0.39, 0.29) is 5.82 Å². The van der Waals surface area contributed by atoms with Crippen molar-refractivity contribution >= 4 is 23.0 Å². The second-order valence-electron chi connectivity index (χ2n) is 8.54. The highest BCUT2D eigenvalue weighted by Gasteiger charge is 2.17. The van der Waals surface area contributed by atoms with Crippen LogP contribution in [0.3, 0.4) is 0 Å². The SMILES string of the molecule is C=CCN1CCN(CCNC(=C)c2c(C)[nH]c(/C=C(\C=C)c3cc(F)ccc3N)c2C)CC1.CC. The van der Waals surface area contributed by atoms with Crippen molar-refractivity contribution in [3.63, 3.8) is 0 Å². The summed E-state index contributed by atoms with van der Waals surface area (Å²) in [7, 11) is 0. The van der Waals surface area contributed by atoms with Crippen LogP contribution in [0.5, 0.6) is 0 Å². The molecule has 0 aliphatic carbocycles. The number of aromatic nitrogens is 1. The molecule has 1 aromatic heterocycles. The molecule has 1 saturated heterocycles. The van der Waals surface area contributed by atoms with Crippen LogP contribution in [0.4, 0.5) is 10.1 Å². The third-order valence-electron chi connectivity index (χ3n) is 6.24. The minimum absolute atomic E-state index is 0.327. The van der Waals surface area contributed by atoms with Gasteiger partial charge in [0.05, 0.1) is 0 Å². The normalized spacial score (nSPS) is 14.7. The van der Waals surface area contributed by atoms with Gasteiger partial charge in [-0.3, -0.25) is 9.80 Å². The summed E-state index contributed by atoms with van der Waals surface area (Å²) in [5.74, 6) is -0.327. The molecule has 0 saturated carbocycles. The van der Waals surface area contributed by atoms with E-state index in [1.807, 2.05) is 32.9 Å². The number of aryl methyl sites for hydroxylation is 1. The summed E-state index contributed by atoms with van der Waals surface area (Å²) >= 11 is 0. The number of aromatic amines is 1. The quantitative estimate of drug-likeness (QED) is 0.240. The number of halogens is 1. The lowest BCUT2D eigenvalue weighted by Crippen LogP contribution is -2.47. The molecule has 4 N–H and O–H groups in total. The molecule has 0 radical (unpaired) electrons. The Morgan fingerprint density at radius 1 is 1.14 bits per heavy atom. The molecule has 2 aromatic rings. The standard InChI is InChI=1S/C27H36FN5.C2H6/c1-6-11-32-13-15-33(16-14-32)12-10-30-20(4)27-19(3)26(31-21(27)5)17-22(7-2)24-18-23(28)8-9-25(24)29;1-2/h6-9,17-18,30-31H,1-2,4,10-16,29H2,3,5H3;1-2H3/b22-17+;. The molecule has 1 aliphatic heterocycles. The molecule has 190 valence electrons. The summed E-state index contributed by atoms with van der Waals surface area (Å²) in [6.45, 7) is 27.2. The summed E-state index contributed by atoms with van der Waals surface area (Å²) < 4.78 is 13.8. The summed E-state index contributed by atoms with van der Waals surface area (Å²) in [6, 6.07) is 4.37. The smallest absolute Gasteiger partial charge is 0.123 e. The first-order valence-electron chi connectivity index (χ1n) is 12.4. The molecule has 1 aromatic carbocycles. The fraction of sp³-hybridized carbons (Fsp3) is 0.379. The van der Waals surface area contributed by atoms with Gasteiger partial charge in [-0.05, 0) is 49.3 Å². The number of H-pyrrole nitrogens is 1. The van der Waals surface area contributed by atoms with Gasteiger partial charge < -0.3 is 16.0 Å². The Morgan fingerprint density at radius 3 is 2.43 bits per heavy atom. The number of hydrogen-bond donors (Lipinski definition) is 3. The molecule has 0 unspecified atom stereocenters. The zero-order valence-corrected chi connectivity index (χ0v) is 21.9. The average molecular weight is 480 g/mol. The molecule has 6 heteroatoms. The van der Waals surface area contributed by atoms with E-state index in [0.29, 0.717) is 11.3 Å². The number of nitrogens with two attached hydrogens (primary N) is 1. The molecule has 1 fully saturated rings. The van der Waals surface area contributed by atoms with Crippen LogP contribution in [0, 0.1) is 19.7 Å². The van der Waals surface area contributed by atoms with Crippen LogP contribution < -0.4 is 11.1 Å². The molecule has 0 bridgehead atoms. The number of benzene rings is 1. The van der Waals surface area contributed by atoms with E-state index in [9.17, 15) is 4.39 Å². The first kappa shape index (κ1) is 28.1. The minimum atomic E-state index is -0.327. The molecular weight excluding hydrogens is 437 g/mol. The highest BCUT2D eigenvalue weighted by Crippen LogP contribution is 2.29. The maximum Gasteiger partial charge on any atom is 0.123 e. The van der Waals surface area contributed by atoms with Crippen molar-refractivity contribution < 1.29 is 4.39 Å². The molecule has 0 atom stereocenters. The predicted octanol–water partition coefficient (Wildman–Crippen LogP) is 5.47. The number of anilines is 1. The third kappa shape index (κ3) is 7.44. The Balaban J connectivity index is 0.00000210. The Bertz CT molecular complexity index is 1040. The van der Waals surface area contributed by atoms with Gasteiger partial charge in [-0.1, -0.05) is 39.2 Å². The summed E-state index contributed by atoms with van der Waals surface area (Å²) in [5.41, 5.74) is 13.0. The Kier molecular flexibility index (Phi) is 11.0. The van der Waals surface area contributed by atoms with Crippen LogP contribution in [-0.2, 0) is 0 Å².